The average molecular weight is 274 g/mol. The molecule has 2 aliphatic rings. The predicted molar refractivity (Wildman–Crippen MR) is 83.6 cm³/mol. The quantitative estimate of drug-likeness (QED) is 0.913. The highest BCUT2D eigenvalue weighted by Crippen LogP contribution is 2.27. The van der Waals surface area contributed by atoms with Gasteiger partial charge >= 0.3 is 0 Å². The predicted octanol–water partition coefficient (Wildman–Crippen LogP) is 3.15. The fourth-order valence-electron chi connectivity index (χ4n) is 3.22. The number of nitrogens with one attached hydrogen (secondary N) is 1. The maximum absolute atomic E-state index is 6.02. The first-order chi connectivity index (χ1) is 9.72. The molecule has 2 aliphatic heterocycles. The zero-order valence-electron chi connectivity index (χ0n) is 12.7. The van der Waals surface area contributed by atoms with Crippen LogP contribution in [0.1, 0.15) is 32.3 Å². The largest absolute Gasteiger partial charge is 0.493 e. The minimum Gasteiger partial charge on any atom is -0.493 e. The molecule has 3 rings (SSSR count). The number of hydrogen-bond donors (Lipinski definition) is 1. The number of anilines is 1. The van der Waals surface area contributed by atoms with E-state index in [1.165, 1.54) is 37.2 Å². The van der Waals surface area contributed by atoms with Crippen LogP contribution in [0.5, 0.6) is 5.75 Å². The van der Waals surface area contributed by atoms with Crippen molar-refractivity contribution in [1.82, 2.24) is 4.90 Å². The van der Waals surface area contributed by atoms with Crippen molar-refractivity contribution in [3.63, 3.8) is 0 Å². The van der Waals surface area contributed by atoms with Gasteiger partial charge in [-0.05, 0) is 75.9 Å². The molecule has 1 aromatic rings. The summed E-state index contributed by atoms with van der Waals surface area (Å²) in [4.78, 5) is 2.57. The molecular formula is C17H26N2O. The molecule has 110 valence electrons. The average Bonchev–Trinajstić information content (AvgIpc) is 2.93. The van der Waals surface area contributed by atoms with E-state index >= 15 is 0 Å². The Morgan fingerprint density at radius 1 is 1.30 bits per heavy atom. The first-order valence-corrected chi connectivity index (χ1v) is 7.96. The zero-order valence-corrected chi connectivity index (χ0v) is 12.7. The van der Waals surface area contributed by atoms with Gasteiger partial charge in [-0.1, -0.05) is 0 Å². The second-order valence-corrected chi connectivity index (χ2v) is 6.38. The monoisotopic (exact) mass is 274 g/mol. The van der Waals surface area contributed by atoms with E-state index in [4.69, 9.17) is 4.74 Å². The Balaban J connectivity index is 1.48. The minimum absolute atomic E-state index is 0.682. The highest BCUT2D eigenvalue weighted by atomic mass is 16.5. The fourth-order valence-corrected chi connectivity index (χ4v) is 3.22. The number of benzene rings is 1. The summed E-state index contributed by atoms with van der Waals surface area (Å²) in [6.45, 7) is 8.95. The number of likely N-dealkylation sites (tertiary alicyclic amines) is 1. The Morgan fingerprint density at radius 2 is 2.10 bits per heavy atom. The molecule has 2 heterocycles. The standard InChI is InChI=1S/C17H26N2O/c1-13(2)19-9-6-14(7-10-19)12-20-16-3-4-17-15(11-16)5-8-18-17/h3-4,11,13-14,18H,5-10,12H2,1-2H3. The van der Waals surface area contributed by atoms with E-state index in [1.54, 1.807) is 0 Å². The molecule has 1 fully saturated rings. The van der Waals surface area contributed by atoms with Crippen LogP contribution in [0.25, 0.3) is 0 Å². The lowest BCUT2D eigenvalue weighted by molar-refractivity contribution is 0.119. The smallest absolute Gasteiger partial charge is 0.119 e. The van der Waals surface area contributed by atoms with Gasteiger partial charge in [0.05, 0.1) is 6.61 Å². The lowest BCUT2D eigenvalue weighted by Crippen LogP contribution is -2.39. The maximum Gasteiger partial charge on any atom is 0.119 e. The molecule has 0 bridgehead atoms. The summed E-state index contributed by atoms with van der Waals surface area (Å²) in [7, 11) is 0. The zero-order chi connectivity index (χ0) is 13.9. The number of fused-ring (bicyclic) bond motifs is 1. The molecule has 0 saturated carbocycles. The van der Waals surface area contributed by atoms with Gasteiger partial charge in [-0.25, -0.2) is 0 Å². The summed E-state index contributed by atoms with van der Waals surface area (Å²) in [5, 5.41) is 3.39. The maximum atomic E-state index is 6.02. The second kappa shape index (κ2) is 6.04. The van der Waals surface area contributed by atoms with Crippen LogP contribution in [0.15, 0.2) is 18.2 Å². The number of hydrogen-bond acceptors (Lipinski definition) is 3. The van der Waals surface area contributed by atoms with Crippen LogP contribution in [-0.4, -0.2) is 37.2 Å². The van der Waals surface area contributed by atoms with Crippen molar-refractivity contribution in [2.75, 3.05) is 31.6 Å². The summed E-state index contributed by atoms with van der Waals surface area (Å²) < 4.78 is 6.02. The van der Waals surface area contributed by atoms with Crippen LogP contribution in [0, 0.1) is 5.92 Å². The van der Waals surface area contributed by atoms with Crippen molar-refractivity contribution in [2.24, 2.45) is 5.92 Å². The highest BCUT2D eigenvalue weighted by molar-refractivity contribution is 5.57. The van der Waals surface area contributed by atoms with Crippen molar-refractivity contribution in [3.8, 4) is 5.75 Å². The van der Waals surface area contributed by atoms with Gasteiger partial charge < -0.3 is 15.0 Å². The van der Waals surface area contributed by atoms with Crippen molar-refractivity contribution < 1.29 is 4.74 Å². The first-order valence-electron chi connectivity index (χ1n) is 7.96. The van der Waals surface area contributed by atoms with Crippen molar-refractivity contribution >= 4 is 5.69 Å². The molecule has 3 nitrogen and oxygen atoms in total. The first kappa shape index (κ1) is 13.7. The van der Waals surface area contributed by atoms with Crippen molar-refractivity contribution in [1.29, 1.82) is 0 Å². The van der Waals surface area contributed by atoms with Gasteiger partial charge in [0.25, 0.3) is 0 Å². The van der Waals surface area contributed by atoms with Gasteiger partial charge in [0, 0.05) is 18.3 Å². The summed E-state index contributed by atoms with van der Waals surface area (Å²) in [6.07, 6.45) is 3.66. The number of ether oxygens (including phenoxy) is 1. The van der Waals surface area contributed by atoms with Crippen LogP contribution >= 0.6 is 0 Å². The lowest BCUT2D eigenvalue weighted by atomic mass is 9.97. The molecule has 0 aromatic heterocycles. The van der Waals surface area contributed by atoms with Gasteiger partial charge in [-0.2, -0.15) is 0 Å². The van der Waals surface area contributed by atoms with E-state index in [-0.39, 0.29) is 0 Å². The summed E-state index contributed by atoms with van der Waals surface area (Å²) in [5.41, 5.74) is 2.68. The van der Waals surface area contributed by atoms with Crippen LogP contribution in [0.4, 0.5) is 5.69 Å². The molecule has 0 spiro atoms. The van der Waals surface area contributed by atoms with Gasteiger partial charge in [-0.15, -0.1) is 0 Å². The SMILES string of the molecule is CC(C)N1CCC(COc2ccc3c(c2)CCN3)CC1. The molecular weight excluding hydrogens is 248 g/mol. The van der Waals surface area contributed by atoms with Crippen LogP contribution < -0.4 is 10.1 Å². The highest BCUT2D eigenvalue weighted by Gasteiger charge is 2.21. The third-order valence-electron chi connectivity index (χ3n) is 4.65. The lowest BCUT2D eigenvalue weighted by Gasteiger charge is -2.34. The molecule has 3 heteroatoms. The Morgan fingerprint density at radius 3 is 2.85 bits per heavy atom. The Bertz CT molecular complexity index is 450. The van der Waals surface area contributed by atoms with E-state index in [1.807, 2.05) is 0 Å². The fraction of sp³-hybridized carbons (Fsp3) is 0.647. The molecule has 1 saturated heterocycles. The molecule has 1 N–H and O–H groups in total. The topological polar surface area (TPSA) is 24.5 Å². The molecule has 1 aromatic carbocycles. The molecule has 0 aliphatic carbocycles. The Labute approximate surface area is 122 Å². The third kappa shape index (κ3) is 3.09. The molecule has 0 amide bonds. The molecule has 0 atom stereocenters. The normalized spacial score (nSPS) is 19.9. The molecule has 20 heavy (non-hydrogen) atoms. The Kier molecular flexibility index (Phi) is 4.16. The van der Waals surface area contributed by atoms with E-state index < -0.39 is 0 Å². The summed E-state index contributed by atoms with van der Waals surface area (Å²) >= 11 is 0. The van der Waals surface area contributed by atoms with Gasteiger partial charge in [-0.3, -0.25) is 0 Å². The molecule has 0 unspecified atom stereocenters. The van der Waals surface area contributed by atoms with E-state index in [0.29, 0.717) is 6.04 Å². The van der Waals surface area contributed by atoms with Crippen LogP contribution in [-0.2, 0) is 6.42 Å². The van der Waals surface area contributed by atoms with Gasteiger partial charge in [0.1, 0.15) is 5.75 Å². The van der Waals surface area contributed by atoms with E-state index in [0.717, 1.165) is 31.2 Å². The number of piperidine rings is 1. The molecule has 0 radical (unpaired) electrons. The van der Waals surface area contributed by atoms with Crippen molar-refractivity contribution in [3.05, 3.63) is 23.8 Å². The summed E-state index contributed by atoms with van der Waals surface area (Å²) in [5.74, 6) is 1.76. The van der Waals surface area contributed by atoms with Gasteiger partial charge in [0.15, 0.2) is 0 Å². The van der Waals surface area contributed by atoms with Crippen molar-refractivity contribution in [2.45, 2.75) is 39.2 Å². The second-order valence-electron chi connectivity index (χ2n) is 6.38. The number of rotatable bonds is 4. The number of nitrogens with zero attached hydrogens (tertiary/aromatic N) is 1. The summed E-state index contributed by atoms with van der Waals surface area (Å²) in [6, 6.07) is 7.14. The Hall–Kier alpha value is -1.22. The van der Waals surface area contributed by atoms with Crippen LogP contribution in [0.2, 0.25) is 0 Å². The van der Waals surface area contributed by atoms with Crippen LogP contribution in [0.3, 0.4) is 0 Å². The van der Waals surface area contributed by atoms with E-state index in [9.17, 15) is 0 Å². The van der Waals surface area contributed by atoms with Gasteiger partial charge in [0.2, 0.25) is 0 Å². The minimum atomic E-state index is 0.682. The van der Waals surface area contributed by atoms with E-state index in [2.05, 4.69) is 42.3 Å². The third-order valence-corrected chi connectivity index (χ3v) is 4.65.